The van der Waals surface area contributed by atoms with Gasteiger partial charge >= 0.3 is 0 Å². The maximum Gasteiger partial charge on any atom is 0.213 e. The number of para-hydroxylation sites is 2. The zero-order valence-corrected chi connectivity index (χ0v) is 14.6. The minimum Gasteiger partial charge on any atom is -0.390 e. The van der Waals surface area contributed by atoms with Crippen molar-refractivity contribution < 1.29 is 10.2 Å². The van der Waals surface area contributed by atoms with Crippen LogP contribution >= 0.6 is 0 Å². The summed E-state index contributed by atoms with van der Waals surface area (Å²) in [5.41, 5.74) is 1.39. The van der Waals surface area contributed by atoms with Crippen LogP contribution < -0.4 is 10.9 Å². The highest BCUT2D eigenvalue weighted by Gasteiger charge is 2.06. The van der Waals surface area contributed by atoms with Crippen molar-refractivity contribution in [2.75, 3.05) is 0 Å². The van der Waals surface area contributed by atoms with E-state index in [-0.39, 0.29) is 35.5 Å². The molecule has 0 radical (unpaired) electrons. The fourth-order valence-electron chi connectivity index (χ4n) is 2.71. The van der Waals surface area contributed by atoms with Crippen molar-refractivity contribution in [1.29, 1.82) is 0 Å². The summed E-state index contributed by atoms with van der Waals surface area (Å²) in [6.45, 7) is -0.655. The van der Waals surface area contributed by atoms with Crippen molar-refractivity contribution in [3.8, 4) is 0 Å². The maximum absolute atomic E-state index is 11.7. The van der Waals surface area contributed by atoms with Gasteiger partial charge in [-0.1, -0.05) is 24.3 Å². The summed E-state index contributed by atoms with van der Waals surface area (Å²) in [7, 11) is 1.75. The van der Waals surface area contributed by atoms with Gasteiger partial charge < -0.3 is 10.2 Å². The summed E-state index contributed by atoms with van der Waals surface area (Å²) in [5.74, 6) is 0. The molecule has 27 heavy (non-hydrogen) atoms. The lowest BCUT2D eigenvalue weighted by atomic mass is 10.2. The topological polar surface area (TPSA) is 121 Å². The second-order valence-corrected chi connectivity index (χ2v) is 5.78. The van der Waals surface area contributed by atoms with Gasteiger partial charge in [0.05, 0.1) is 24.2 Å². The molecule has 8 nitrogen and oxygen atoms in total. The van der Waals surface area contributed by atoms with E-state index in [9.17, 15) is 9.59 Å². The highest BCUT2D eigenvalue weighted by Crippen LogP contribution is 2.07. The molecule has 0 aliphatic carbocycles. The maximum atomic E-state index is 11.7. The second kappa shape index (κ2) is 7.90. The molecule has 2 heterocycles. The van der Waals surface area contributed by atoms with Crippen LogP contribution in [0.4, 0.5) is 0 Å². The van der Waals surface area contributed by atoms with E-state index < -0.39 is 0 Å². The number of aryl methyl sites for hydroxylation is 1. The fourth-order valence-corrected chi connectivity index (χ4v) is 2.71. The molecule has 0 saturated heterocycles. The van der Waals surface area contributed by atoms with Crippen LogP contribution in [0.15, 0.2) is 58.1 Å². The Kier molecular flexibility index (Phi) is 5.39. The van der Waals surface area contributed by atoms with Crippen molar-refractivity contribution >= 4 is 21.8 Å². The lowest BCUT2D eigenvalue weighted by molar-refractivity contribution is 0.273. The highest BCUT2D eigenvalue weighted by molar-refractivity contribution is 5.78. The average molecular weight is 366 g/mol. The number of nitrogens with one attached hydrogen (secondary N) is 1. The van der Waals surface area contributed by atoms with Crippen molar-refractivity contribution in [2.45, 2.75) is 13.2 Å². The Morgan fingerprint density at radius 2 is 1.48 bits per heavy atom. The molecule has 8 heteroatoms. The van der Waals surface area contributed by atoms with E-state index in [4.69, 9.17) is 10.2 Å². The van der Waals surface area contributed by atoms with Gasteiger partial charge in [0, 0.05) is 17.8 Å². The molecule has 0 atom stereocenters. The Hall–Kier alpha value is -3.36. The molecule has 138 valence electrons. The molecule has 3 N–H and O–H groups in total. The first-order valence-electron chi connectivity index (χ1n) is 8.19. The van der Waals surface area contributed by atoms with Crippen molar-refractivity contribution in [1.82, 2.24) is 20.0 Å². The zero-order valence-electron chi connectivity index (χ0n) is 14.6. The SMILES string of the molecule is Cn1nc(CO)c(=O)c2ccccc21.O=c1c(CO)n[nH]c2ccccc12. The first kappa shape index (κ1) is 18.4. The molecule has 2 aromatic carbocycles. The van der Waals surface area contributed by atoms with Gasteiger partial charge in [0.25, 0.3) is 0 Å². The van der Waals surface area contributed by atoms with Crippen LogP contribution in [0, 0.1) is 0 Å². The molecular formula is C19H18N4O4. The minimum atomic E-state index is -0.333. The average Bonchev–Trinajstić information content (AvgIpc) is 2.72. The number of hydrogen-bond acceptors (Lipinski definition) is 6. The van der Waals surface area contributed by atoms with E-state index >= 15 is 0 Å². The van der Waals surface area contributed by atoms with Gasteiger partial charge in [-0.2, -0.15) is 10.2 Å². The second-order valence-electron chi connectivity index (χ2n) is 5.78. The number of aliphatic hydroxyl groups is 2. The minimum absolute atomic E-state index is 0.152. The molecule has 0 aliphatic rings. The van der Waals surface area contributed by atoms with Gasteiger partial charge in [-0.15, -0.1) is 0 Å². The van der Waals surface area contributed by atoms with E-state index in [1.54, 1.807) is 42.1 Å². The predicted octanol–water partition coefficient (Wildman–Crippen LogP) is 0.841. The summed E-state index contributed by atoms with van der Waals surface area (Å²) in [4.78, 5) is 23.2. The molecule has 0 aliphatic heterocycles. The molecule has 0 saturated carbocycles. The number of fused-ring (bicyclic) bond motifs is 2. The van der Waals surface area contributed by atoms with Crippen molar-refractivity contribution in [3.05, 3.63) is 80.4 Å². The standard InChI is InChI=1S/C10H10N2O2.C9H8N2O2/c1-12-9-5-3-2-4-7(9)10(14)8(6-13)11-12;12-5-8-9(13)6-3-1-2-4-7(6)10-11-8/h2-5,13H,6H2,1H3;1-4,12H,5H2,(H,10,13). The number of H-pyrrole nitrogens is 1. The van der Waals surface area contributed by atoms with Crippen LogP contribution in [-0.4, -0.2) is 30.2 Å². The first-order valence-corrected chi connectivity index (χ1v) is 8.19. The molecule has 0 amide bonds. The molecule has 0 fully saturated rings. The van der Waals surface area contributed by atoms with E-state index in [0.29, 0.717) is 16.3 Å². The molecule has 4 rings (SSSR count). The van der Waals surface area contributed by atoms with Crippen LogP contribution in [0.1, 0.15) is 11.4 Å². The van der Waals surface area contributed by atoms with Crippen molar-refractivity contribution in [2.24, 2.45) is 7.05 Å². The first-order chi connectivity index (χ1) is 13.1. The monoisotopic (exact) mass is 366 g/mol. The number of rotatable bonds is 2. The molecule has 0 spiro atoms. The summed E-state index contributed by atoms with van der Waals surface area (Å²) in [6, 6.07) is 14.3. The predicted molar refractivity (Wildman–Crippen MR) is 101 cm³/mol. The lowest BCUT2D eigenvalue weighted by Gasteiger charge is -2.05. The van der Waals surface area contributed by atoms with Gasteiger partial charge in [0.2, 0.25) is 10.9 Å². The van der Waals surface area contributed by atoms with Crippen LogP contribution in [0.2, 0.25) is 0 Å². The smallest absolute Gasteiger partial charge is 0.213 e. The number of hydrogen-bond donors (Lipinski definition) is 3. The third kappa shape index (κ3) is 3.62. The Labute approximate surface area is 153 Å². The molecule has 2 aromatic heterocycles. The summed E-state index contributed by atoms with van der Waals surface area (Å²) in [5, 5.41) is 29.3. The van der Waals surface area contributed by atoms with Crippen LogP contribution in [0.3, 0.4) is 0 Å². The molecule has 0 bridgehead atoms. The quantitative estimate of drug-likeness (QED) is 0.483. The van der Waals surface area contributed by atoms with Crippen molar-refractivity contribution in [3.63, 3.8) is 0 Å². The summed E-state index contributed by atoms with van der Waals surface area (Å²) >= 11 is 0. The number of nitrogens with zero attached hydrogens (tertiary/aromatic N) is 3. The Balaban J connectivity index is 0.000000156. The third-order valence-corrected chi connectivity index (χ3v) is 4.07. The van der Waals surface area contributed by atoms with E-state index in [0.717, 1.165) is 5.52 Å². The Morgan fingerprint density at radius 3 is 2.19 bits per heavy atom. The summed E-state index contributed by atoms with van der Waals surface area (Å²) < 4.78 is 1.60. The van der Waals surface area contributed by atoms with E-state index in [2.05, 4.69) is 15.3 Å². The lowest BCUT2D eigenvalue weighted by Crippen LogP contribution is -2.17. The van der Waals surface area contributed by atoms with Gasteiger partial charge in [0.15, 0.2) is 0 Å². The van der Waals surface area contributed by atoms with Gasteiger partial charge in [-0.3, -0.25) is 19.4 Å². The summed E-state index contributed by atoms with van der Waals surface area (Å²) in [6.07, 6.45) is 0. The number of aromatic nitrogens is 4. The number of benzene rings is 2. The van der Waals surface area contributed by atoms with Gasteiger partial charge in [0.1, 0.15) is 11.4 Å². The van der Waals surface area contributed by atoms with Crippen LogP contribution in [0.5, 0.6) is 0 Å². The van der Waals surface area contributed by atoms with E-state index in [1.165, 1.54) is 0 Å². The number of aliphatic hydroxyl groups excluding tert-OH is 2. The largest absolute Gasteiger partial charge is 0.390 e. The molecular weight excluding hydrogens is 348 g/mol. The van der Waals surface area contributed by atoms with E-state index in [1.807, 2.05) is 18.2 Å². The van der Waals surface area contributed by atoms with Gasteiger partial charge in [-0.05, 0) is 24.3 Å². The zero-order chi connectivity index (χ0) is 19.4. The molecule has 4 aromatic rings. The third-order valence-electron chi connectivity index (χ3n) is 4.07. The Bertz CT molecular complexity index is 1210. The van der Waals surface area contributed by atoms with Crippen LogP contribution in [-0.2, 0) is 20.3 Å². The Morgan fingerprint density at radius 1 is 0.889 bits per heavy atom. The van der Waals surface area contributed by atoms with Crippen LogP contribution in [0.25, 0.3) is 21.8 Å². The highest BCUT2D eigenvalue weighted by atomic mass is 16.3. The van der Waals surface area contributed by atoms with Gasteiger partial charge in [-0.25, -0.2) is 0 Å². The number of aromatic amines is 1. The fraction of sp³-hybridized carbons (Fsp3) is 0.158. The molecule has 0 unspecified atom stereocenters. The normalized spacial score (nSPS) is 10.6.